The fourth-order valence-electron chi connectivity index (χ4n) is 1.55. The molecular weight excluding hydrogens is 299 g/mol. The lowest BCUT2D eigenvalue weighted by molar-refractivity contribution is 0.0401. The van der Waals surface area contributed by atoms with Crippen LogP contribution in [0.3, 0.4) is 0 Å². The van der Waals surface area contributed by atoms with E-state index in [0.717, 1.165) is 0 Å². The third-order valence-corrected chi connectivity index (χ3v) is 2.43. The van der Waals surface area contributed by atoms with E-state index in [4.69, 9.17) is 23.7 Å². The van der Waals surface area contributed by atoms with Gasteiger partial charge in [0.15, 0.2) is 25.1 Å². The molecule has 8 heteroatoms. The van der Waals surface area contributed by atoms with Crippen molar-refractivity contribution >= 4 is 5.97 Å². The molecule has 0 saturated heterocycles. The maximum Gasteiger partial charge on any atom is 0.338 e. The van der Waals surface area contributed by atoms with Crippen molar-refractivity contribution in [2.45, 2.75) is 0 Å². The molecule has 1 aromatic rings. The average Bonchev–Trinajstić information content (AvgIpc) is 2.55. The number of alkyl halides is 1. The van der Waals surface area contributed by atoms with E-state index in [1.807, 2.05) is 0 Å². The molecule has 0 radical (unpaired) electrons. The van der Waals surface area contributed by atoms with Crippen molar-refractivity contribution in [1.29, 1.82) is 0 Å². The summed E-state index contributed by atoms with van der Waals surface area (Å²) in [4.78, 5) is 11.7. The normalized spacial score (nSPS) is 10.2. The molecule has 0 aliphatic rings. The first kappa shape index (κ1) is 18.0. The second kappa shape index (κ2) is 9.80. The van der Waals surface area contributed by atoms with Gasteiger partial charge in [-0.3, -0.25) is 0 Å². The smallest absolute Gasteiger partial charge is 0.338 e. The first-order valence-corrected chi connectivity index (χ1v) is 6.36. The van der Waals surface area contributed by atoms with Gasteiger partial charge >= 0.3 is 5.97 Å². The largest absolute Gasteiger partial charge is 0.484 e. The summed E-state index contributed by atoms with van der Waals surface area (Å²) in [6.07, 6.45) is 0. The van der Waals surface area contributed by atoms with Crippen LogP contribution in [0.2, 0.25) is 0 Å². The van der Waals surface area contributed by atoms with Crippen LogP contribution in [0.25, 0.3) is 0 Å². The van der Waals surface area contributed by atoms with E-state index in [9.17, 15) is 9.18 Å². The van der Waals surface area contributed by atoms with Crippen molar-refractivity contribution in [3.05, 3.63) is 17.7 Å². The monoisotopic (exact) mass is 318 g/mol. The van der Waals surface area contributed by atoms with Crippen LogP contribution in [0.1, 0.15) is 10.4 Å². The quantitative estimate of drug-likeness (QED) is 0.481. The number of benzene rings is 1. The van der Waals surface area contributed by atoms with Gasteiger partial charge in [-0.25, -0.2) is 9.18 Å². The second-order valence-electron chi connectivity index (χ2n) is 3.93. The Kier molecular flexibility index (Phi) is 8.01. The van der Waals surface area contributed by atoms with Crippen LogP contribution in [-0.2, 0) is 14.2 Å². The molecule has 1 aromatic carbocycles. The molecule has 0 aromatic heterocycles. The Morgan fingerprint density at radius 2 is 1.55 bits per heavy atom. The van der Waals surface area contributed by atoms with Gasteiger partial charge in [0.2, 0.25) is 5.75 Å². The summed E-state index contributed by atoms with van der Waals surface area (Å²) in [5.74, 6) is -0.0883. The molecule has 0 amide bonds. The van der Waals surface area contributed by atoms with Crippen LogP contribution in [0, 0.1) is 0 Å². The van der Waals surface area contributed by atoms with Crippen LogP contribution in [0.15, 0.2) is 12.1 Å². The van der Waals surface area contributed by atoms with Gasteiger partial charge in [0.25, 0.3) is 0 Å². The molecule has 0 spiro atoms. The van der Waals surface area contributed by atoms with E-state index in [1.54, 1.807) is 0 Å². The molecule has 0 aliphatic carbocycles. The van der Waals surface area contributed by atoms with E-state index in [1.165, 1.54) is 33.5 Å². The molecule has 0 aliphatic heterocycles. The number of halogens is 1. The molecule has 0 saturated carbocycles. The zero-order valence-electron chi connectivity index (χ0n) is 12.7. The molecule has 0 fully saturated rings. The molecule has 0 unspecified atom stereocenters. The number of carbonyl (C=O) groups is 1. The Morgan fingerprint density at radius 3 is 1.95 bits per heavy atom. The molecule has 124 valence electrons. The van der Waals surface area contributed by atoms with Gasteiger partial charge in [0.1, 0.15) is 13.3 Å². The van der Waals surface area contributed by atoms with E-state index in [2.05, 4.69) is 4.74 Å². The zero-order chi connectivity index (χ0) is 16.4. The lowest BCUT2D eigenvalue weighted by Gasteiger charge is -2.17. The minimum Gasteiger partial charge on any atom is -0.484 e. The van der Waals surface area contributed by atoms with Gasteiger partial charge in [0.05, 0.1) is 12.7 Å². The molecule has 0 N–H and O–H groups in total. The van der Waals surface area contributed by atoms with Gasteiger partial charge in [-0.2, -0.15) is 0 Å². The summed E-state index contributed by atoms with van der Waals surface area (Å²) in [6.45, 7) is -1.04. The van der Waals surface area contributed by atoms with Gasteiger partial charge in [-0.15, -0.1) is 0 Å². The van der Waals surface area contributed by atoms with Crippen LogP contribution >= 0.6 is 0 Å². The van der Waals surface area contributed by atoms with Crippen molar-refractivity contribution in [3.8, 4) is 17.2 Å². The summed E-state index contributed by atoms with van der Waals surface area (Å²) in [5.41, 5.74) is 0.187. The van der Waals surface area contributed by atoms with Gasteiger partial charge in [-0.05, 0) is 12.1 Å². The van der Waals surface area contributed by atoms with E-state index < -0.39 is 12.6 Å². The molecule has 1 rings (SSSR count). The van der Waals surface area contributed by atoms with Crippen molar-refractivity contribution < 1.29 is 37.6 Å². The number of esters is 1. The fraction of sp³-hybridized carbons (Fsp3) is 0.500. The molecule has 22 heavy (non-hydrogen) atoms. The van der Waals surface area contributed by atoms with Crippen LogP contribution in [0.5, 0.6) is 17.2 Å². The SMILES string of the molecule is COCOc1cc(C(=O)OC)cc(OCOC)c1OCCF. The highest BCUT2D eigenvalue weighted by Gasteiger charge is 2.19. The predicted octanol–water partition coefficient (Wildman–Crippen LogP) is 1.79. The van der Waals surface area contributed by atoms with Gasteiger partial charge < -0.3 is 28.4 Å². The standard InChI is InChI=1S/C14H19FO7/c1-17-8-21-11-6-10(14(16)19-3)7-12(22-9-18-2)13(11)20-5-4-15/h6-7H,4-5,8-9H2,1-3H3. The Bertz CT molecular complexity index is 449. The number of methoxy groups -OCH3 is 3. The highest BCUT2D eigenvalue weighted by molar-refractivity contribution is 5.91. The third kappa shape index (κ3) is 5.05. The summed E-state index contributed by atoms with van der Waals surface area (Å²) < 4.78 is 42.7. The molecule has 0 atom stereocenters. The van der Waals surface area contributed by atoms with Crippen molar-refractivity contribution in [2.24, 2.45) is 0 Å². The van der Waals surface area contributed by atoms with Gasteiger partial charge in [-0.1, -0.05) is 0 Å². The minimum absolute atomic E-state index is 0.0830. The Hall–Kier alpha value is -2.06. The van der Waals surface area contributed by atoms with Crippen molar-refractivity contribution in [1.82, 2.24) is 0 Å². The Morgan fingerprint density at radius 1 is 1.00 bits per heavy atom. The summed E-state index contributed by atoms with van der Waals surface area (Å²) in [7, 11) is 4.13. The average molecular weight is 318 g/mol. The summed E-state index contributed by atoms with van der Waals surface area (Å²) in [5, 5.41) is 0. The lowest BCUT2D eigenvalue weighted by atomic mass is 10.2. The molecule has 0 bridgehead atoms. The number of ether oxygens (including phenoxy) is 6. The predicted molar refractivity (Wildman–Crippen MR) is 74.3 cm³/mol. The van der Waals surface area contributed by atoms with Crippen molar-refractivity contribution in [3.63, 3.8) is 0 Å². The van der Waals surface area contributed by atoms with E-state index >= 15 is 0 Å². The van der Waals surface area contributed by atoms with Crippen LogP contribution in [-0.4, -0.2) is 54.2 Å². The number of carbonyl (C=O) groups excluding carboxylic acids is 1. The molecule has 0 heterocycles. The van der Waals surface area contributed by atoms with E-state index in [-0.39, 0.29) is 43.0 Å². The first-order chi connectivity index (χ1) is 10.7. The number of rotatable bonds is 10. The maximum atomic E-state index is 12.4. The lowest BCUT2D eigenvalue weighted by Crippen LogP contribution is -2.10. The van der Waals surface area contributed by atoms with Gasteiger partial charge in [0, 0.05) is 14.2 Å². The first-order valence-electron chi connectivity index (χ1n) is 6.36. The van der Waals surface area contributed by atoms with Crippen LogP contribution < -0.4 is 14.2 Å². The fourth-order valence-corrected chi connectivity index (χ4v) is 1.55. The van der Waals surface area contributed by atoms with E-state index in [0.29, 0.717) is 0 Å². The minimum atomic E-state index is -0.688. The van der Waals surface area contributed by atoms with Crippen molar-refractivity contribution in [2.75, 3.05) is 48.2 Å². The topological polar surface area (TPSA) is 72.5 Å². The summed E-state index contributed by atoms with van der Waals surface area (Å²) >= 11 is 0. The highest BCUT2D eigenvalue weighted by atomic mass is 19.1. The third-order valence-electron chi connectivity index (χ3n) is 2.43. The number of hydrogen-bond acceptors (Lipinski definition) is 7. The second-order valence-corrected chi connectivity index (χ2v) is 3.93. The summed E-state index contributed by atoms with van der Waals surface area (Å²) in [6, 6.07) is 2.80. The maximum absolute atomic E-state index is 12.4. The molecular formula is C14H19FO7. The zero-order valence-corrected chi connectivity index (χ0v) is 12.7. The Balaban J connectivity index is 3.22. The van der Waals surface area contributed by atoms with Crippen LogP contribution in [0.4, 0.5) is 4.39 Å². The highest BCUT2D eigenvalue weighted by Crippen LogP contribution is 2.39. The molecule has 7 nitrogen and oxygen atoms in total. The number of hydrogen-bond donors (Lipinski definition) is 0. The Labute approximate surface area is 127 Å².